The van der Waals surface area contributed by atoms with Crippen LogP contribution >= 0.6 is 0 Å². The summed E-state index contributed by atoms with van der Waals surface area (Å²) in [5.41, 5.74) is 2.44. The van der Waals surface area contributed by atoms with Crippen LogP contribution in [0, 0.1) is 5.82 Å². The maximum absolute atomic E-state index is 13.3. The van der Waals surface area contributed by atoms with Gasteiger partial charge < -0.3 is 15.0 Å². The van der Waals surface area contributed by atoms with E-state index in [-0.39, 0.29) is 18.3 Å². The SMILES string of the molecule is CN(Cc1nc2ccc(F)cc2[nH]1)C(=O)c1ccc2ccccc2n1.O=C(O)C(F)(F)F. The third kappa shape index (κ3) is 5.36. The van der Waals surface area contributed by atoms with Crippen molar-refractivity contribution in [2.45, 2.75) is 12.7 Å². The summed E-state index contributed by atoms with van der Waals surface area (Å²) in [5, 5.41) is 8.11. The Hall–Kier alpha value is -4.02. The fourth-order valence-electron chi connectivity index (χ4n) is 2.79. The maximum atomic E-state index is 13.3. The number of benzene rings is 2. The van der Waals surface area contributed by atoms with E-state index in [0.717, 1.165) is 10.9 Å². The number of aromatic nitrogens is 3. The molecule has 0 aliphatic rings. The van der Waals surface area contributed by atoms with E-state index in [1.807, 2.05) is 30.3 Å². The third-order valence-corrected chi connectivity index (χ3v) is 4.29. The van der Waals surface area contributed by atoms with Gasteiger partial charge in [0.25, 0.3) is 5.91 Å². The molecule has 0 radical (unpaired) electrons. The molecule has 2 aromatic carbocycles. The van der Waals surface area contributed by atoms with E-state index in [1.54, 1.807) is 19.2 Å². The number of alkyl halides is 3. The monoisotopic (exact) mass is 448 g/mol. The summed E-state index contributed by atoms with van der Waals surface area (Å²) in [4.78, 5) is 34.9. The molecule has 0 aliphatic carbocycles. The average Bonchev–Trinajstić information content (AvgIpc) is 3.13. The topological polar surface area (TPSA) is 99.2 Å². The van der Waals surface area contributed by atoms with Crippen molar-refractivity contribution < 1.29 is 32.3 Å². The molecule has 2 N–H and O–H groups in total. The molecule has 0 fully saturated rings. The van der Waals surface area contributed by atoms with Crippen LogP contribution in [0.4, 0.5) is 17.6 Å². The first-order valence-corrected chi connectivity index (χ1v) is 9.10. The molecule has 0 spiro atoms. The van der Waals surface area contributed by atoms with Gasteiger partial charge >= 0.3 is 12.1 Å². The van der Waals surface area contributed by atoms with Gasteiger partial charge in [-0.2, -0.15) is 13.2 Å². The molecule has 0 unspecified atom stereocenters. The normalized spacial score (nSPS) is 11.2. The van der Waals surface area contributed by atoms with Gasteiger partial charge in [0.1, 0.15) is 17.3 Å². The predicted molar refractivity (Wildman–Crippen MR) is 107 cm³/mol. The Labute approximate surface area is 178 Å². The Morgan fingerprint density at radius 1 is 1.03 bits per heavy atom. The smallest absolute Gasteiger partial charge is 0.475 e. The van der Waals surface area contributed by atoms with Crippen LogP contribution in [0.25, 0.3) is 21.9 Å². The van der Waals surface area contributed by atoms with E-state index in [4.69, 9.17) is 9.90 Å². The summed E-state index contributed by atoms with van der Waals surface area (Å²) in [6.07, 6.45) is -5.08. The Morgan fingerprint density at radius 2 is 1.72 bits per heavy atom. The van der Waals surface area contributed by atoms with E-state index in [9.17, 15) is 22.4 Å². The number of hydrogen-bond acceptors (Lipinski definition) is 4. The molecule has 7 nitrogen and oxygen atoms in total. The number of carbonyl (C=O) groups is 2. The standard InChI is InChI=1S/C19H15FN4O.C2HF3O2/c1-24(11-18-22-15-9-7-13(20)10-17(15)23-18)19(25)16-8-6-12-4-2-3-5-14(12)21-16;3-2(4,5)1(6)7/h2-10H,11H2,1H3,(H,22,23);(H,6,7). The Morgan fingerprint density at radius 3 is 2.41 bits per heavy atom. The molecule has 2 heterocycles. The molecule has 0 atom stereocenters. The number of nitrogens with one attached hydrogen (secondary N) is 1. The highest BCUT2D eigenvalue weighted by Crippen LogP contribution is 2.16. The van der Waals surface area contributed by atoms with Crippen molar-refractivity contribution in [1.29, 1.82) is 0 Å². The van der Waals surface area contributed by atoms with Crippen LogP contribution in [0.1, 0.15) is 16.3 Å². The zero-order valence-corrected chi connectivity index (χ0v) is 16.5. The van der Waals surface area contributed by atoms with Crippen LogP contribution < -0.4 is 0 Å². The Bertz CT molecular complexity index is 1290. The molecule has 2 aromatic heterocycles. The Kier molecular flexibility index (Phi) is 6.37. The third-order valence-electron chi connectivity index (χ3n) is 4.29. The molecule has 0 aliphatic heterocycles. The highest BCUT2D eigenvalue weighted by Gasteiger charge is 2.38. The molecule has 4 rings (SSSR count). The van der Waals surface area contributed by atoms with Crippen LogP contribution in [-0.2, 0) is 11.3 Å². The lowest BCUT2D eigenvalue weighted by Gasteiger charge is -2.15. The van der Waals surface area contributed by atoms with Crippen LogP contribution in [0.5, 0.6) is 0 Å². The van der Waals surface area contributed by atoms with Gasteiger partial charge in [0.05, 0.1) is 23.1 Å². The number of halogens is 4. The number of amides is 1. The second-order valence-corrected chi connectivity index (χ2v) is 6.70. The van der Waals surface area contributed by atoms with Crippen LogP contribution in [0.15, 0.2) is 54.6 Å². The van der Waals surface area contributed by atoms with Gasteiger partial charge in [-0.05, 0) is 30.3 Å². The fraction of sp³-hybridized carbons (Fsp3) is 0.143. The first-order chi connectivity index (χ1) is 15.0. The van der Waals surface area contributed by atoms with Gasteiger partial charge in [-0.25, -0.2) is 19.2 Å². The number of pyridine rings is 1. The fourth-order valence-corrected chi connectivity index (χ4v) is 2.79. The first kappa shape index (κ1) is 22.7. The van der Waals surface area contributed by atoms with Crippen molar-refractivity contribution >= 4 is 33.8 Å². The molecule has 166 valence electrons. The number of para-hydroxylation sites is 1. The molecule has 0 bridgehead atoms. The van der Waals surface area contributed by atoms with Crippen LogP contribution in [-0.4, -0.2) is 50.1 Å². The molecular weight excluding hydrogens is 432 g/mol. The van der Waals surface area contributed by atoms with Gasteiger partial charge in [0.15, 0.2) is 0 Å². The summed E-state index contributed by atoms with van der Waals surface area (Å²) in [7, 11) is 1.69. The molecular formula is C21H16F4N4O3. The minimum Gasteiger partial charge on any atom is -0.475 e. The molecule has 0 saturated heterocycles. The number of hydrogen-bond donors (Lipinski definition) is 2. The lowest BCUT2D eigenvalue weighted by Crippen LogP contribution is -2.27. The summed E-state index contributed by atoms with van der Waals surface area (Å²) < 4.78 is 45.0. The van der Waals surface area contributed by atoms with E-state index < -0.39 is 12.1 Å². The quantitative estimate of drug-likeness (QED) is 0.459. The Balaban J connectivity index is 0.000000360. The van der Waals surface area contributed by atoms with Crippen LogP contribution in [0.3, 0.4) is 0 Å². The summed E-state index contributed by atoms with van der Waals surface area (Å²) in [5.74, 6) is -2.69. The lowest BCUT2D eigenvalue weighted by molar-refractivity contribution is -0.192. The molecule has 11 heteroatoms. The van der Waals surface area contributed by atoms with E-state index >= 15 is 0 Å². The number of carboxylic acids is 1. The highest BCUT2D eigenvalue weighted by atomic mass is 19.4. The van der Waals surface area contributed by atoms with Crippen molar-refractivity contribution in [3.8, 4) is 0 Å². The minimum atomic E-state index is -5.08. The van der Waals surface area contributed by atoms with Crippen molar-refractivity contribution in [3.05, 3.63) is 71.9 Å². The summed E-state index contributed by atoms with van der Waals surface area (Å²) in [6, 6.07) is 15.6. The number of carbonyl (C=O) groups excluding carboxylic acids is 1. The molecule has 1 amide bonds. The van der Waals surface area contributed by atoms with Crippen molar-refractivity contribution in [2.24, 2.45) is 0 Å². The number of nitrogens with zero attached hydrogens (tertiary/aromatic N) is 3. The van der Waals surface area contributed by atoms with Gasteiger partial charge in [-0.3, -0.25) is 4.79 Å². The van der Waals surface area contributed by atoms with Gasteiger partial charge in [0, 0.05) is 12.4 Å². The van der Waals surface area contributed by atoms with Gasteiger partial charge in [-0.15, -0.1) is 0 Å². The van der Waals surface area contributed by atoms with E-state index in [1.165, 1.54) is 17.0 Å². The maximum Gasteiger partial charge on any atom is 0.490 e. The summed E-state index contributed by atoms with van der Waals surface area (Å²) >= 11 is 0. The lowest BCUT2D eigenvalue weighted by atomic mass is 10.2. The number of fused-ring (bicyclic) bond motifs is 2. The first-order valence-electron chi connectivity index (χ1n) is 9.10. The van der Waals surface area contributed by atoms with Crippen molar-refractivity contribution in [2.75, 3.05) is 7.05 Å². The molecule has 4 aromatic rings. The van der Waals surface area contributed by atoms with Gasteiger partial charge in [-0.1, -0.05) is 24.3 Å². The highest BCUT2D eigenvalue weighted by molar-refractivity contribution is 5.94. The largest absolute Gasteiger partial charge is 0.490 e. The number of carboxylic acid groups (broad SMARTS) is 1. The number of H-pyrrole nitrogens is 1. The van der Waals surface area contributed by atoms with Crippen molar-refractivity contribution in [3.63, 3.8) is 0 Å². The second-order valence-electron chi connectivity index (χ2n) is 6.70. The second kappa shape index (κ2) is 9.00. The van der Waals surface area contributed by atoms with Crippen molar-refractivity contribution in [1.82, 2.24) is 19.9 Å². The number of aromatic amines is 1. The predicted octanol–water partition coefficient (Wildman–Crippen LogP) is 4.16. The zero-order chi connectivity index (χ0) is 23.5. The zero-order valence-electron chi connectivity index (χ0n) is 16.5. The number of imidazole rings is 1. The number of aliphatic carboxylic acids is 1. The summed E-state index contributed by atoms with van der Waals surface area (Å²) in [6.45, 7) is 0.281. The minimum absolute atomic E-state index is 0.197. The van der Waals surface area contributed by atoms with Gasteiger partial charge in [0.2, 0.25) is 0 Å². The average molecular weight is 448 g/mol. The molecule has 32 heavy (non-hydrogen) atoms. The number of rotatable bonds is 3. The molecule has 0 saturated carbocycles. The van der Waals surface area contributed by atoms with E-state index in [2.05, 4.69) is 15.0 Å². The van der Waals surface area contributed by atoms with Crippen LogP contribution in [0.2, 0.25) is 0 Å². The van der Waals surface area contributed by atoms with E-state index in [0.29, 0.717) is 22.6 Å².